The first-order valence-electron chi connectivity index (χ1n) is 8.68. The van der Waals surface area contributed by atoms with Crippen molar-refractivity contribution in [1.29, 1.82) is 0 Å². The van der Waals surface area contributed by atoms with Crippen LogP contribution in [0.1, 0.15) is 35.1 Å². The molecule has 0 aromatic heterocycles. The fraction of sp³-hybridized carbons (Fsp3) is 0.381. The zero-order chi connectivity index (χ0) is 17.4. The van der Waals surface area contributed by atoms with Crippen molar-refractivity contribution in [3.05, 3.63) is 64.7 Å². The molecular weight excluding hydrogens is 296 g/mol. The predicted molar refractivity (Wildman–Crippen MR) is 102 cm³/mol. The third-order valence-corrected chi connectivity index (χ3v) is 4.14. The van der Waals surface area contributed by atoms with E-state index in [1.54, 1.807) is 0 Å². The van der Waals surface area contributed by atoms with Crippen LogP contribution in [0.3, 0.4) is 0 Å². The van der Waals surface area contributed by atoms with E-state index < -0.39 is 0 Å². The Morgan fingerprint density at radius 3 is 2.29 bits per heavy atom. The summed E-state index contributed by atoms with van der Waals surface area (Å²) in [6.45, 7) is 7.70. The molecule has 3 heteroatoms. The minimum Gasteiger partial charge on any atom is -0.384 e. The number of carbonyl (C=O) groups excluding carboxylic acids is 1. The summed E-state index contributed by atoms with van der Waals surface area (Å²) in [5, 5.41) is 6.39. The van der Waals surface area contributed by atoms with E-state index in [-0.39, 0.29) is 5.91 Å². The summed E-state index contributed by atoms with van der Waals surface area (Å²) in [6, 6.07) is 14.7. The summed E-state index contributed by atoms with van der Waals surface area (Å²) in [6.07, 6.45) is 2.47. The van der Waals surface area contributed by atoms with E-state index in [0.717, 1.165) is 25.1 Å². The topological polar surface area (TPSA) is 41.1 Å². The number of carbonyl (C=O) groups is 1. The van der Waals surface area contributed by atoms with Gasteiger partial charge in [0, 0.05) is 25.2 Å². The quantitative estimate of drug-likeness (QED) is 0.716. The van der Waals surface area contributed by atoms with Gasteiger partial charge in [0.2, 0.25) is 5.91 Å². The Hall–Kier alpha value is -2.29. The molecule has 0 heterocycles. The monoisotopic (exact) mass is 324 g/mol. The van der Waals surface area contributed by atoms with Crippen molar-refractivity contribution >= 4 is 11.6 Å². The van der Waals surface area contributed by atoms with Crippen molar-refractivity contribution in [2.45, 2.75) is 40.0 Å². The Morgan fingerprint density at radius 2 is 1.62 bits per heavy atom. The molecule has 0 fully saturated rings. The molecule has 2 N–H and O–H groups in total. The molecule has 0 aliphatic heterocycles. The minimum atomic E-state index is 0.109. The van der Waals surface area contributed by atoms with Crippen LogP contribution >= 0.6 is 0 Å². The maximum Gasteiger partial charge on any atom is 0.221 e. The molecule has 0 saturated heterocycles. The standard InChI is InChI=1S/C21H28N2O/c1-16-14-17(2)21(18(3)15-16)23-13-11-20(24)22-12-7-10-19-8-5-4-6-9-19/h4-6,8-9,14-15,23H,7,10-13H2,1-3H3,(H,22,24). The largest absolute Gasteiger partial charge is 0.384 e. The normalized spacial score (nSPS) is 10.5. The van der Waals surface area contributed by atoms with Gasteiger partial charge < -0.3 is 10.6 Å². The van der Waals surface area contributed by atoms with Crippen LogP contribution in [0.2, 0.25) is 0 Å². The number of benzene rings is 2. The maximum atomic E-state index is 11.9. The molecular formula is C21H28N2O. The summed E-state index contributed by atoms with van der Waals surface area (Å²) < 4.78 is 0. The van der Waals surface area contributed by atoms with Crippen molar-refractivity contribution in [1.82, 2.24) is 5.32 Å². The van der Waals surface area contributed by atoms with Gasteiger partial charge in [-0.3, -0.25) is 4.79 Å². The van der Waals surface area contributed by atoms with Crippen LogP contribution in [0.25, 0.3) is 0 Å². The second-order valence-electron chi connectivity index (χ2n) is 6.39. The number of nitrogens with one attached hydrogen (secondary N) is 2. The molecule has 2 aromatic carbocycles. The molecule has 2 rings (SSSR count). The second kappa shape index (κ2) is 9.11. The highest BCUT2D eigenvalue weighted by Gasteiger charge is 2.05. The molecule has 128 valence electrons. The Balaban J connectivity index is 1.65. The Morgan fingerprint density at radius 1 is 0.958 bits per heavy atom. The van der Waals surface area contributed by atoms with Gasteiger partial charge in [0.25, 0.3) is 0 Å². The third kappa shape index (κ3) is 5.73. The number of rotatable bonds is 8. The van der Waals surface area contributed by atoms with Crippen LogP contribution in [-0.4, -0.2) is 19.0 Å². The molecule has 0 unspecified atom stereocenters. The van der Waals surface area contributed by atoms with Crippen molar-refractivity contribution < 1.29 is 4.79 Å². The van der Waals surface area contributed by atoms with E-state index in [4.69, 9.17) is 0 Å². The average molecular weight is 324 g/mol. The van der Waals surface area contributed by atoms with Crippen molar-refractivity contribution in [2.75, 3.05) is 18.4 Å². The number of anilines is 1. The Labute approximate surface area is 145 Å². The Kier molecular flexibility index (Phi) is 6.86. The number of hydrogen-bond acceptors (Lipinski definition) is 2. The average Bonchev–Trinajstić information content (AvgIpc) is 2.55. The number of hydrogen-bond donors (Lipinski definition) is 2. The summed E-state index contributed by atoms with van der Waals surface area (Å²) >= 11 is 0. The van der Waals surface area contributed by atoms with Gasteiger partial charge in [-0.15, -0.1) is 0 Å². The maximum absolute atomic E-state index is 11.9. The molecule has 2 aromatic rings. The van der Waals surface area contributed by atoms with Crippen molar-refractivity contribution in [3.63, 3.8) is 0 Å². The van der Waals surface area contributed by atoms with Crippen LogP contribution in [0.15, 0.2) is 42.5 Å². The fourth-order valence-corrected chi connectivity index (χ4v) is 3.01. The van der Waals surface area contributed by atoms with Gasteiger partial charge in [-0.1, -0.05) is 48.0 Å². The zero-order valence-electron chi connectivity index (χ0n) is 15.0. The van der Waals surface area contributed by atoms with E-state index >= 15 is 0 Å². The van der Waals surface area contributed by atoms with Gasteiger partial charge in [-0.2, -0.15) is 0 Å². The van der Waals surface area contributed by atoms with Crippen LogP contribution in [0.4, 0.5) is 5.69 Å². The molecule has 0 aliphatic carbocycles. The highest BCUT2D eigenvalue weighted by Crippen LogP contribution is 2.21. The smallest absolute Gasteiger partial charge is 0.221 e. The van der Waals surface area contributed by atoms with Gasteiger partial charge in [-0.05, 0) is 50.3 Å². The fourth-order valence-electron chi connectivity index (χ4n) is 3.01. The van der Waals surface area contributed by atoms with E-state index in [0.29, 0.717) is 13.0 Å². The first kappa shape index (κ1) is 18.1. The first-order chi connectivity index (χ1) is 11.6. The van der Waals surface area contributed by atoms with Crippen LogP contribution in [0, 0.1) is 20.8 Å². The Bertz CT molecular complexity index is 642. The molecule has 0 saturated carbocycles. The minimum absolute atomic E-state index is 0.109. The predicted octanol–water partition coefficient (Wildman–Crippen LogP) is 4.16. The lowest BCUT2D eigenvalue weighted by atomic mass is 10.1. The SMILES string of the molecule is Cc1cc(C)c(NCCC(=O)NCCCc2ccccc2)c(C)c1. The summed E-state index contributed by atoms with van der Waals surface area (Å²) in [5.41, 5.74) is 6.20. The molecule has 0 bridgehead atoms. The van der Waals surface area contributed by atoms with Crippen LogP contribution < -0.4 is 10.6 Å². The van der Waals surface area contributed by atoms with Crippen LogP contribution in [-0.2, 0) is 11.2 Å². The summed E-state index contributed by atoms with van der Waals surface area (Å²) in [4.78, 5) is 11.9. The lowest BCUT2D eigenvalue weighted by Crippen LogP contribution is -2.26. The third-order valence-electron chi connectivity index (χ3n) is 4.14. The molecule has 1 amide bonds. The van der Waals surface area contributed by atoms with Crippen LogP contribution in [0.5, 0.6) is 0 Å². The molecule has 0 atom stereocenters. The zero-order valence-corrected chi connectivity index (χ0v) is 15.0. The van der Waals surface area contributed by atoms with Gasteiger partial charge in [0.05, 0.1) is 0 Å². The lowest BCUT2D eigenvalue weighted by molar-refractivity contribution is -0.120. The summed E-state index contributed by atoms with van der Waals surface area (Å²) in [7, 11) is 0. The molecule has 0 radical (unpaired) electrons. The number of amides is 1. The number of aryl methyl sites for hydroxylation is 4. The highest BCUT2D eigenvalue weighted by atomic mass is 16.1. The van der Waals surface area contributed by atoms with E-state index in [1.165, 1.54) is 22.3 Å². The van der Waals surface area contributed by atoms with E-state index in [9.17, 15) is 4.79 Å². The molecule has 3 nitrogen and oxygen atoms in total. The molecule has 0 aliphatic rings. The second-order valence-corrected chi connectivity index (χ2v) is 6.39. The van der Waals surface area contributed by atoms with E-state index in [1.807, 2.05) is 6.07 Å². The highest BCUT2D eigenvalue weighted by molar-refractivity contribution is 5.76. The molecule has 24 heavy (non-hydrogen) atoms. The lowest BCUT2D eigenvalue weighted by Gasteiger charge is -2.13. The van der Waals surface area contributed by atoms with Gasteiger partial charge in [0.15, 0.2) is 0 Å². The van der Waals surface area contributed by atoms with Crippen molar-refractivity contribution in [2.24, 2.45) is 0 Å². The van der Waals surface area contributed by atoms with Crippen molar-refractivity contribution in [3.8, 4) is 0 Å². The summed E-state index contributed by atoms with van der Waals surface area (Å²) in [5.74, 6) is 0.109. The van der Waals surface area contributed by atoms with Gasteiger partial charge in [-0.25, -0.2) is 0 Å². The first-order valence-corrected chi connectivity index (χ1v) is 8.68. The van der Waals surface area contributed by atoms with Gasteiger partial charge >= 0.3 is 0 Å². The molecule has 0 spiro atoms. The van der Waals surface area contributed by atoms with E-state index in [2.05, 4.69) is 67.8 Å². The van der Waals surface area contributed by atoms with Gasteiger partial charge in [0.1, 0.15) is 0 Å².